The molecule has 1 aromatic carbocycles. The SMILES string of the molecule is COc1ccc([C@H](C)NS(=O)(=O)CCl)cc1. The largest absolute Gasteiger partial charge is 0.497 e. The normalized spacial score (nSPS) is 13.4. The van der Waals surface area contributed by atoms with Gasteiger partial charge in [0.25, 0.3) is 0 Å². The minimum absolute atomic E-state index is 0.311. The lowest BCUT2D eigenvalue weighted by molar-refractivity contribution is 0.414. The summed E-state index contributed by atoms with van der Waals surface area (Å²) >= 11 is 5.30. The first-order valence-electron chi connectivity index (χ1n) is 4.68. The molecular formula is C10H14ClNO3S. The number of alkyl halides is 1. The molecule has 0 amide bonds. The third kappa shape index (κ3) is 3.66. The molecule has 16 heavy (non-hydrogen) atoms. The van der Waals surface area contributed by atoms with Gasteiger partial charge in [-0.3, -0.25) is 0 Å². The molecule has 0 heterocycles. The summed E-state index contributed by atoms with van der Waals surface area (Å²) in [6.45, 7) is 1.76. The van der Waals surface area contributed by atoms with Crippen molar-refractivity contribution in [1.82, 2.24) is 4.72 Å². The fourth-order valence-corrected chi connectivity index (χ4v) is 2.19. The van der Waals surface area contributed by atoms with Crippen LogP contribution in [0.25, 0.3) is 0 Å². The van der Waals surface area contributed by atoms with E-state index in [2.05, 4.69) is 4.72 Å². The predicted octanol–water partition coefficient (Wildman–Crippen LogP) is 1.87. The van der Waals surface area contributed by atoms with Crippen LogP contribution in [0.1, 0.15) is 18.5 Å². The minimum Gasteiger partial charge on any atom is -0.497 e. The molecule has 1 N–H and O–H groups in total. The Morgan fingerprint density at radius 2 is 1.94 bits per heavy atom. The quantitative estimate of drug-likeness (QED) is 0.825. The summed E-state index contributed by atoms with van der Waals surface area (Å²) in [6.07, 6.45) is 0. The van der Waals surface area contributed by atoms with Gasteiger partial charge in [-0.05, 0) is 24.6 Å². The van der Waals surface area contributed by atoms with E-state index in [-0.39, 0.29) is 6.04 Å². The molecular weight excluding hydrogens is 250 g/mol. The van der Waals surface area contributed by atoms with Crippen molar-refractivity contribution in [2.24, 2.45) is 0 Å². The molecule has 0 saturated carbocycles. The molecule has 0 aliphatic rings. The Balaban J connectivity index is 2.77. The second kappa shape index (κ2) is 5.52. The molecule has 0 saturated heterocycles. The summed E-state index contributed by atoms with van der Waals surface area (Å²) in [5.41, 5.74) is 0.856. The van der Waals surface area contributed by atoms with Crippen LogP contribution in [0.15, 0.2) is 24.3 Å². The standard InChI is InChI=1S/C10H14ClNO3S/c1-8(12-16(13,14)7-11)9-3-5-10(15-2)6-4-9/h3-6,8,12H,7H2,1-2H3/t8-/m0/s1. The van der Waals surface area contributed by atoms with Crippen molar-refractivity contribution >= 4 is 21.6 Å². The molecule has 6 heteroatoms. The highest BCUT2D eigenvalue weighted by molar-refractivity contribution is 7.90. The fourth-order valence-electron chi connectivity index (χ4n) is 1.26. The summed E-state index contributed by atoms with van der Waals surface area (Å²) in [5, 5.41) is -0.437. The average Bonchev–Trinajstić information content (AvgIpc) is 2.28. The van der Waals surface area contributed by atoms with Gasteiger partial charge in [0.1, 0.15) is 11.0 Å². The van der Waals surface area contributed by atoms with Gasteiger partial charge >= 0.3 is 0 Å². The lowest BCUT2D eigenvalue weighted by Crippen LogP contribution is -2.27. The van der Waals surface area contributed by atoms with E-state index in [0.29, 0.717) is 0 Å². The van der Waals surface area contributed by atoms with Crippen LogP contribution in [-0.4, -0.2) is 20.7 Å². The average molecular weight is 264 g/mol. The zero-order valence-electron chi connectivity index (χ0n) is 9.10. The number of benzene rings is 1. The molecule has 1 rings (SSSR count). The van der Waals surface area contributed by atoms with Crippen molar-refractivity contribution in [2.75, 3.05) is 12.3 Å². The zero-order valence-corrected chi connectivity index (χ0v) is 10.7. The first kappa shape index (κ1) is 13.3. The highest BCUT2D eigenvalue weighted by Crippen LogP contribution is 2.17. The molecule has 0 aliphatic carbocycles. The Labute approximate surface area is 101 Å². The van der Waals surface area contributed by atoms with E-state index in [0.717, 1.165) is 11.3 Å². The number of hydrogen-bond donors (Lipinski definition) is 1. The number of hydrogen-bond acceptors (Lipinski definition) is 3. The lowest BCUT2D eigenvalue weighted by atomic mass is 10.1. The van der Waals surface area contributed by atoms with Crippen LogP contribution in [0.2, 0.25) is 0 Å². The molecule has 1 aromatic rings. The Kier molecular flexibility index (Phi) is 4.58. The maximum Gasteiger partial charge on any atom is 0.226 e. The molecule has 0 radical (unpaired) electrons. The summed E-state index contributed by atoms with van der Waals surface area (Å²) in [6, 6.07) is 6.86. The number of halogens is 1. The number of rotatable bonds is 5. The summed E-state index contributed by atoms with van der Waals surface area (Å²) in [7, 11) is -1.82. The molecule has 0 bridgehead atoms. The van der Waals surface area contributed by atoms with Gasteiger partial charge in [0.2, 0.25) is 10.0 Å². The van der Waals surface area contributed by atoms with E-state index in [1.165, 1.54) is 0 Å². The maximum absolute atomic E-state index is 11.2. The number of nitrogens with one attached hydrogen (secondary N) is 1. The van der Waals surface area contributed by atoms with Crippen LogP contribution < -0.4 is 9.46 Å². The summed E-state index contributed by atoms with van der Waals surface area (Å²) in [5.74, 6) is 0.733. The third-order valence-electron chi connectivity index (χ3n) is 2.12. The van der Waals surface area contributed by atoms with Crippen molar-refractivity contribution in [3.05, 3.63) is 29.8 Å². The van der Waals surface area contributed by atoms with Crippen LogP contribution in [-0.2, 0) is 10.0 Å². The fraction of sp³-hybridized carbons (Fsp3) is 0.400. The van der Waals surface area contributed by atoms with Crippen molar-refractivity contribution in [1.29, 1.82) is 0 Å². The molecule has 0 unspecified atom stereocenters. The van der Waals surface area contributed by atoms with Crippen LogP contribution in [0.4, 0.5) is 0 Å². The molecule has 0 aromatic heterocycles. The van der Waals surface area contributed by atoms with Gasteiger partial charge in [0, 0.05) is 6.04 Å². The van der Waals surface area contributed by atoms with Crippen LogP contribution in [0.3, 0.4) is 0 Å². The smallest absolute Gasteiger partial charge is 0.226 e. The molecule has 1 atom stereocenters. The Bertz CT molecular complexity index is 430. The maximum atomic E-state index is 11.2. The first-order valence-corrected chi connectivity index (χ1v) is 6.87. The number of methoxy groups -OCH3 is 1. The zero-order chi connectivity index (χ0) is 12.2. The van der Waals surface area contributed by atoms with Crippen molar-refractivity contribution in [3.63, 3.8) is 0 Å². The lowest BCUT2D eigenvalue weighted by Gasteiger charge is -2.13. The highest BCUT2D eigenvalue weighted by atomic mass is 35.5. The third-order valence-corrected chi connectivity index (χ3v) is 3.98. The van der Waals surface area contributed by atoms with Crippen molar-refractivity contribution in [3.8, 4) is 5.75 Å². The van der Waals surface area contributed by atoms with Crippen LogP contribution >= 0.6 is 11.6 Å². The van der Waals surface area contributed by atoms with Gasteiger partial charge in [-0.1, -0.05) is 12.1 Å². The van der Waals surface area contributed by atoms with E-state index in [1.54, 1.807) is 38.3 Å². The Hall–Kier alpha value is -0.780. The van der Waals surface area contributed by atoms with Gasteiger partial charge < -0.3 is 4.74 Å². The molecule has 0 spiro atoms. The van der Waals surface area contributed by atoms with E-state index in [1.807, 2.05) is 0 Å². The molecule has 90 valence electrons. The van der Waals surface area contributed by atoms with Gasteiger partial charge in [0.15, 0.2) is 0 Å². The molecule has 0 fully saturated rings. The van der Waals surface area contributed by atoms with E-state index in [9.17, 15) is 8.42 Å². The molecule has 4 nitrogen and oxygen atoms in total. The van der Waals surface area contributed by atoms with Crippen molar-refractivity contribution < 1.29 is 13.2 Å². The van der Waals surface area contributed by atoms with Crippen LogP contribution in [0, 0.1) is 0 Å². The van der Waals surface area contributed by atoms with E-state index < -0.39 is 15.2 Å². The summed E-state index contributed by atoms with van der Waals surface area (Å²) < 4.78 is 29.9. The number of sulfonamides is 1. The minimum atomic E-state index is -3.40. The monoisotopic (exact) mass is 263 g/mol. The highest BCUT2D eigenvalue weighted by Gasteiger charge is 2.14. The van der Waals surface area contributed by atoms with Crippen LogP contribution in [0.5, 0.6) is 5.75 Å². The van der Waals surface area contributed by atoms with E-state index >= 15 is 0 Å². The van der Waals surface area contributed by atoms with Gasteiger partial charge in [-0.15, -0.1) is 11.6 Å². The topological polar surface area (TPSA) is 55.4 Å². The second-order valence-corrected chi connectivity index (χ2v) is 5.67. The molecule has 0 aliphatic heterocycles. The second-order valence-electron chi connectivity index (χ2n) is 3.34. The van der Waals surface area contributed by atoms with Gasteiger partial charge in [-0.25, -0.2) is 13.1 Å². The van der Waals surface area contributed by atoms with E-state index in [4.69, 9.17) is 16.3 Å². The Morgan fingerprint density at radius 3 is 2.38 bits per heavy atom. The number of ether oxygens (including phenoxy) is 1. The summed E-state index contributed by atoms with van der Waals surface area (Å²) in [4.78, 5) is 0. The Morgan fingerprint density at radius 1 is 1.38 bits per heavy atom. The van der Waals surface area contributed by atoms with Gasteiger partial charge in [0.05, 0.1) is 7.11 Å². The van der Waals surface area contributed by atoms with Gasteiger partial charge in [-0.2, -0.15) is 0 Å². The first-order chi connectivity index (χ1) is 7.48. The predicted molar refractivity (Wildman–Crippen MR) is 64.2 cm³/mol. The van der Waals surface area contributed by atoms with Crippen molar-refractivity contribution in [2.45, 2.75) is 13.0 Å².